The van der Waals surface area contributed by atoms with Crippen LogP contribution in [0.25, 0.3) is 0 Å². The molecule has 0 aliphatic heterocycles. The number of ether oxygens (including phenoxy) is 1. The van der Waals surface area contributed by atoms with Crippen molar-refractivity contribution in [2.45, 2.75) is 58.2 Å². The summed E-state index contributed by atoms with van der Waals surface area (Å²) in [5, 5.41) is 4.53. The molecule has 0 aromatic heterocycles. The summed E-state index contributed by atoms with van der Waals surface area (Å²) < 4.78 is 5.77. The van der Waals surface area contributed by atoms with E-state index in [9.17, 15) is 9.59 Å². The van der Waals surface area contributed by atoms with Crippen LogP contribution in [0.15, 0.2) is 72.8 Å². The number of rotatable bonds is 13. The van der Waals surface area contributed by atoms with Crippen molar-refractivity contribution < 1.29 is 14.3 Å². The first-order chi connectivity index (χ1) is 18.3. The summed E-state index contributed by atoms with van der Waals surface area (Å²) in [5.41, 5.74) is 1.76. The fraction of sp³-hybridized carbons (Fsp3) is 0.333. The Morgan fingerprint density at radius 3 is 2.29 bits per heavy atom. The standard InChI is InChI=1S/C30H33Cl3N2O3/c1-3-21(2)34-30(37)28(19-22-8-5-4-6-9-22)35(20-23-11-16-26(32)27(33)18-23)29(36)10-7-17-38-25-14-12-24(31)13-15-25/h4-6,8-9,11-16,18,21,28H,3,7,10,17,19-20H2,1-2H3,(H,34,37)/t21-,28+/m1/s1. The molecule has 0 fully saturated rings. The summed E-state index contributed by atoms with van der Waals surface area (Å²) in [7, 11) is 0. The van der Waals surface area contributed by atoms with Gasteiger partial charge in [0.25, 0.3) is 0 Å². The molecule has 0 spiro atoms. The van der Waals surface area contributed by atoms with Crippen LogP contribution in [0.4, 0.5) is 0 Å². The normalized spacial score (nSPS) is 12.4. The lowest BCUT2D eigenvalue weighted by molar-refractivity contribution is -0.141. The minimum absolute atomic E-state index is 0.0181. The van der Waals surface area contributed by atoms with Crippen molar-refractivity contribution in [3.8, 4) is 5.75 Å². The van der Waals surface area contributed by atoms with Crippen LogP contribution in [0.5, 0.6) is 5.75 Å². The van der Waals surface area contributed by atoms with Gasteiger partial charge in [-0.1, -0.05) is 78.1 Å². The number of hydrogen-bond acceptors (Lipinski definition) is 3. The number of amides is 2. The average molecular weight is 576 g/mol. The van der Waals surface area contributed by atoms with E-state index < -0.39 is 6.04 Å². The van der Waals surface area contributed by atoms with Crippen molar-refractivity contribution in [1.82, 2.24) is 10.2 Å². The third-order valence-electron chi connectivity index (χ3n) is 6.23. The summed E-state index contributed by atoms with van der Waals surface area (Å²) in [5.74, 6) is 0.356. The summed E-state index contributed by atoms with van der Waals surface area (Å²) in [4.78, 5) is 28.8. The van der Waals surface area contributed by atoms with E-state index in [2.05, 4.69) is 5.32 Å². The van der Waals surface area contributed by atoms with E-state index in [1.807, 2.05) is 50.2 Å². The first-order valence-electron chi connectivity index (χ1n) is 12.7. The number of nitrogens with zero attached hydrogens (tertiary/aromatic N) is 1. The van der Waals surface area contributed by atoms with E-state index in [4.69, 9.17) is 39.5 Å². The second kappa shape index (κ2) is 15.0. The smallest absolute Gasteiger partial charge is 0.243 e. The summed E-state index contributed by atoms with van der Waals surface area (Å²) in [6.07, 6.45) is 1.88. The van der Waals surface area contributed by atoms with E-state index in [1.165, 1.54) is 0 Å². The number of hydrogen-bond donors (Lipinski definition) is 1. The molecule has 8 heteroatoms. The predicted octanol–water partition coefficient (Wildman–Crippen LogP) is 7.36. The van der Waals surface area contributed by atoms with Crippen molar-refractivity contribution in [1.29, 1.82) is 0 Å². The lowest BCUT2D eigenvalue weighted by Gasteiger charge is -2.32. The van der Waals surface area contributed by atoms with E-state index in [-0.39, 0.29) is 30.8 Å². The molecule has 3 rings (SSSR count). The van der Waals surface area contributed by atoms with Crippen molar-refractivity contribution in [2.24, 2.45) is 0 Å². The van der Waals surface area contributed by atoms with Gasteiger partial charge >= 0.3 is 0 Å². The molecule has 5 nitrogen and oxygen atoms in total. The summed E-state index contributed by atoms with van der Waals surface area (Å²) >= 11 is 18.3. The highest BCUT2D eigenvalue weighted by atomic mass is 35.5. The van der Waals surface area contributed by atoms with Crippen LogP contribution < -0.4 is 10.1 Å². The highest BCUT2D eigenvalue weighted by Gasteiger charge is 2.30. The van der Waals surface area contributed by atoms with Crippen LogP contribution in [0.3, 0.4) is 0 Å². The molecule has 3 aromatic carbocycles. The molecule has 0 heterocycles. The minimum atomic E-state index is -0.703. The maximum absolute atomic E-state index is 13.7. The average Bonchev–Trinajstić information content (AvgIpc) is 2.91. The zero-order valence-corrected chi connectivity index (χ0v) is 23.9. The van der Waals surface area contributed by atoms with E-state index in [0.29, 0.717) is 40.3 Å². The largest absolute Gasteiger partial charge is 0.494 e. The molecule has 0 unspecified atom stereocenters. The lowest BCUT2D eigenvalue weighted by atomic mass is 10.0. The van der Waals surface area contributed by atoms with Gasteiger partial charge in [0.2, 0.25) is 11.8 Å². The fourth-order valence-electron chi connectivity index (χ4n) is 3.92. The highest BCUT2D eigenvalue weighted by Crippen LogP contribution is 2.25. The maximum atomic E-state index is 13.7. The fourth-order valence-corrected chi connectivity index (χ4v) is 4.36. The van der Waals surface area contributed by atoms with Crippen LogP contribution in [0.1, 0.15) is 44.2 Å². The third-order valence-corrected chi connectivity index (χ3v) is 7.22. The van der Waals surface area contributed by atoms with Gasteiger partial charge in [-0.2, -0.15) is 0 Å². The van der Waals surface area contributed by atoms with Gasteiger partial charge in [-0.3, -0.25) is 9.59 Å². The minimum Gasteiger partial charge on any atom is -0.494 e. The first-order valence-corrected chi connectivity index (χ1v) is 13.9. The topological polar surface area (TPSA) is 58.6 Å². The zero-order chi connectivity index (χ0) is 27.5. The molecule has 0 saturated heterocycles. The van der Waals surface area contributed by atoms with Gasteiger partial charge in [-0.05, 0) is 67.3 Å². The van der Waals surface area contributed by atoms with Crippen LogP contribution >= 0.6 is 34.8 Å². The van der Waals surface area contributed by atoms with E-state index in [0.717, 1.165) is 17.5 Å². The number of carbonyl (C=O) groups excluding carboxylic acids is 2. The molecule has 0 bridgehead atoms. The molecule has 2 atom stereocenters. The molecular weight excluding hydrogens is 543 g/mol. The van der Waals surface area contributed by atoms with Gasteiger partial charge in [0.1, 0.15) is 11.8 Å². The van der Waals surface area contributed by atoms with Crippen molar-refractivity contribution >= 4 is 46.6 Å². The van der Waals surface area contributed by atoms with E-state index >= 15 is 0 Å². The van der Waals surface area contributed by atoms with Gasteiger partial charge in [0, 0.05) is 30.5 Å². The Morgan fingerprint density at radius 1 is 0.921 bits per heavy atom. The molecule has 38 heavy (non-hydrogen) atoms. The van der Waals surface area contributed by atoms with Crippen LogP contribution in [-0.4, -0.2) is 35.4 Å². The zero-order valence-electron chi connectivity index (χ0n) is 21.6. The molecule has 0 aliphatic carbocycles. The van der Waals surface area contributed by atoms with Crippen molar-refractivity contribution in [2.75, 3.05) is 6.61 Å². The van der Waals surface area contributed by atoms with Crippen molar-refractivity contribution in [3.05, 3.63) is 99.0 Å². The molecular formula is C30H33Cl3N2O3. The Hall–Kier alpha value is -2.73. The van der Waals surface area contributed by atoms with E-state index in [1.54, 1.807) is 41.3 Å². The molecule has 0 radical (unpaired) electrons. The van der Waals surface area contributed by atoms with Gasteiger partial charge in [0.15, 0.2) is 0 Å². The Labute approximate surface area is 240 Å². The SMILES string of the molecule is CC[C@@H](C)NC(=O)[C@H](Cc1ccccc1)N(Cc1ccc(Cl)c(Cl)c1)C(=O)CCCOc1ccc(Cl)cc1. The summed E-state index contributed by atoms with van der Waals surface area (Å²) in [6.45, 7) is 4.54. The molecule has 2 amide bonds. The highest BCUT2D eigenvalue weighted by molar-refractivity contribution is 6.42. The van der Waals surface area contributed by atoms with Crippen LogP contribution in [0, 0.1) is 0 Å². The third kappa shape index (κ3) is 9.23. The monoisotopic (exact) mass is 574 g/mol. The van der Waals surface area contributed by atoms with Crippen LogP contribution in [-0.2, 0) is 22.6 Å². The molecule has 0 saturated carbocycles. The van der Waals surface area contributed by atoms with Crippen molar-refractivity contribution in [3.63, 3.8) is 0 Å². The Morgan fingerprint density at radius 2 is 1.63 bits per heavy atom. The maximum Gasteiger partial charge on any atom is 0.243 e. The Bertz CT molecular complexity index is 1190. The van der Waals surface area contributed by atoms with Gasteiger partial charge in [-0.25, -0.2) is 0 Å². The van der Waals surface area contributed by atoms with Crippen LogP contribution in [0.2, 0.25) is 15.1 Å². The quantitative estimate of drug-likeness (QED) is 0.217. The second-order valence-corrected chi connectivity index (χ2v) is 10.5. The molecule has 3 aromatic rings. The molecule has 1 N–H and O–H groups in total. The van der Waals surface area contributed by atoms with Gasteiger partial charge < -0.3 is 15.0 Å². The van der Waals surface area contributed by atoms with Gasteiger partial charge in [0.05, 0.1) is 16.7 Å². The van der Waals surface area contributed by atoms with Gasteiger partial charge in [-0.15, -0.1) is 0 Å². The Kier molecular flexibility index (Phi) is 11.8. The molecule has 0 aliphatic rings. The summed E-state index contributed by atoms with van der Waals surface area (Å²) in [6, 6.07) is 21.3. The number of halogens is 3. The Balaban J connectivity index is 1.82. The molecule has 202 valence electrons. The number of nitrogens with one attached hydrogen (secondary N) is 1. The lowest BCUT2D eigenvalue weighted by Crippen LogP contribution is -2.52. The predicted molar refractivity (Wildman–Crippen MR) is 155 cm³/mol. The first kappa shape index (κ1) is 29.8. The second-order valence-electron chi connectivity index (χ2n) is 9.20. The number of benzene rings is 3. The number of carbonyl (C=O) groups is 2.